The number of carbonyl (C=O) groups is 1. The summed E-state index contributed by atoms with van der Waals surface area (Å²) < 4.78 is 2.12. The molecule has 12 heavy (non-hydrogen) atoms. The van der Waals surface area contributed by atoms with Crippen LogP contribution in [0.4, 0.5) is 0 Å². The van der Waals surface area contributed by atoms with E-state index < -0.39 is 0 Å². The van der Waals surface area contributed by atoms with Crippen molar-refractivity contribution in [1.82, 2.24) is 9.55 Å². The van der Waals surface area contributed by atoms with Crippen molar-refractivity contribution in [3.05, 3.63) is 18.2 Å². The van der Waals surface area contributed by atoms with Crippen LogP contribution in [-0.4, -0.2) is 15.3 Å². The predicted octanol–water partition coefficient (Wildman–Crippen LogP) is 1.03. The van der Waals surface area contributed by atoms with Gasteiger partial charge in [0, 0.05) is 24.4 Å². The van der Waals surface area contributed by atoms with Crippen LogP contribution in [-0.2, 0) is 17.8 Å². The van der Waals surface area contributed by atoms with Crippen LogP contribution >= 0.6 is 0 Å². The second kappa shape index (κ2) is 2.73. The maximum absolute atomic E-state index is 11.1. The third kappa shape index (κ3) is 1.15. The molecule has 1 atom stereocenters. The number of aryl methyl sites for hydroxylation is 1. The van der Waals surface area contributed by atoms with E-state index in [0.717, 1.165) is 19.4 Å². The molecule has 0 amide bonds. The summed E-state index contributed by atoms with van der Waals surface area (Å²) in [6.07, 6.45) is 5.54. The number of imidazole rings is 1. The Morgan fingerprint density at radius 3 is 3.33 bits per heavy atom. The zero-order valence-electron chi connectivity index (χ0n) is 7.16. The SMILES string of the molecule is CC(=O)C1CCn2cncc2C1. The first-order valence-corrected chi connectivity index (χ1v) is 4.27. The molecule has 2 heterocycles. The largest absolute Gasteiger partial charge is 0.335 e. The van der Waals surface area contributed by atoms with Crippen molar-refractivity contribution in [1.29, 1.82) is 0 Å². The first kappa shape index (κ1) is 7.53. The third-order valence-corrected chi connectivity index (χ3v) is 2.55. The molecule has 0 fully saturated rings. The molecule has 1 aromatic heterocycles. The van der Waals surface area contributed by atoms with Gasteiger partial charge in [0.15, 0.2) is 0 Å². The van der Waals surface area contributed by atoms with E-state index >= 15 is 0 Å². The Kier molecular flexibility index (Phi) is 1.71. The molecule has 0 radical (unpaired) electrons. The van der Waals surface area contributed by atoms with Gasteiger partial charge in [-0.2, -0.15) is 0 Å². The standard InChI is InChI=1S/C9H12N2O/c1-7(12)8-2-3-11-6-10-5-9(11)4-8/h5-6,8H,2-4H2,1H3. The van der Waals surface area contributed by atoms with Crippen molar-refractivity contribution >= 4 is 5.78 Å². The number of nitrogens with zero attached hydrogens (tertiary/aromatic N) is 2. The van der Waals surface area contributed by atoms with E-state index in [1.54, 1.807) is 6.92 Å². The Labute approximate surface area is 71.4 Å². The minimum absolute atomic E-state index is 0.231. The molecule has 3 nitrogen and oxygen atoms in total. The van der Waals surface area contributed by atoms with Gasteiger partial charge < -0.3 is 4.57 Å². The van der Waals surface area contributed by atoms with Gasteiger partial charge in [0.05, 0.1) is 6.33 Å². The molecule has 1 unspecified atom stereocenters. The summed E-state index contributed by atoms with van der Waals surface area (Å²) in [7, 11) is 0. The minimum Gasteiger partial charge on any atom is -0.335 e. The molecule has 0 N–H and O–H groups in total. The van der Waals surface area contributed by atoms with Crippen LogP contribution in [0, 0.1) is 5.92 Å². The number of carbonyl (C=O) groups excluding carboxylic acids is 1. The van der Waals surface area contributed by atoms with Crippen molar-refractivity contribution in [2.45, 2.75) is 26.3 Å². The quantitative estimate of drug-likeness (QED) is 0.621. The number of ketones is 1. The molecule has 64 valence electrons. The monoisotopic (exact) mass is 164 g/mol. The van der Waals surface area contributed by atoms with Crippen LogP contribution in [0.3, 0.4) is 0 Å². The summed E-state index contributed by atoms with van der Waals surface area (Å²) >= 11 is 0. The van der Waals surface area contributed by atoms with Crippen LogP contribution < -0.4 is 0 Å². The highest BCUT2D eigenvalue weighted by atomic mass is 16.1. The highest BCUT2D eigenvalue weighted by molar-refractivity contribution is 5.78. The summed E-state index contributed by atoms with van der Waals surface area (Å²) in [6, 6.07) is 0. The second-order valence-corrected chi connectivity index (χ2v) is 3.38. The van der Waals surface area contributed by atoms with E-state index in [2.05, 4.69) is 9.55 Å². The number of hydrogen-bond donors (Lipinski definition) is 0. The molecule has 3 heteroatoms. The van der Waals surface area contributed by atoms with Gasteiger partial charge in [0.25, 0.3) is 0 Å². The average molecular weight is 164 g/mol. The molecule has 0 aromatic carbocycles. The Morgan fingerprint density at radius 1 is 1.75 bits per heavy atom. The highest BCUT2D eigenvalue weighted by Gasteiger charge is 2.21. The lowest BCUT2D eigenvalue weighted by Crippen LogP contribution is -2.23. The van der Waals surface area contributed by atoms with Crippen LogP contribution in [0.1, 0.15) is 19.0 Å². The van der Waals surface area contributed by atoms with Crippen LogP contribution in [0.2, 0.25) is 0 Å². The van der Waals surface area contributed by atoms with Crippen LogP contribution in [0.15, 0.2) is 12.5 Å². The second-order valence-electron chi connectivity index (χ2n) is 3.38. The van der Waals surface area contributed by atoms with E-state index in [1.165, 1.54) is 5.69 Å². The number of rotatable bonds is 1. The minimum atomic E-state index is 0.231. The first-order chi connectivity index (χ1) is 5.77. The zero-order chi connectivity index (χ0) is 8.55. The summed E-state index contributed by atoms with van der Waals surface area (Å²) in [5, 5.41) is 0. The summed E-state index contributed by atoms with van der Waals surface area (Å²) in [5.74, 6) is 0.539. The van der Waals surface area contributed by atoms with Gasteiger partial charge in [0.1, 0.15) is 5.78 Å². The lowest BCUT2D eigenvalue weighted by molar-refractivity contribution is -0.121. The maximum atomic E-state index is 11.1. The fourth-order valence-corrected chi connectivity index (χ4v) is 1.72. The molecule has 0 spiro atoms. The molecule has 1 aliphatic heterocycles. The van der Waals surface area contributed by atoms with Gasteiger partial charge in [-0.05, 0) is 19.8 Å². The van der Waals surface area contributed by atoms with Gasteiger partial charge in [0.2, 0.25) is 0 Å². The van der Waals surface area contributed by atoms with E-state index in [-0.39, 0.29) is 5.92 Å². The number of hydrogen-bond acceptors (Lipinski definition) is 2. The highest BCUT2D eigenvalue weighted by Crippen LogP contribution is 2.20. The maximum Gasteiger partial charge on any atom is 0.133 e. The molecule has 0 aliphatic carbocycles. The molecule has 2 rings (SSSR count). The Morgan fingerprint density at radius 2 is 2.58 bits per heavy atom. The summed E-state index contributed by atoms with van der Waals surface area (Å²) in [5.41, 5.74) is 1.20. The van der Waals surface area contributed by atoms with Gasteiger partial charge in [-0.15, -0.1) is 0 Å². The fourth-order valence-electron chi connectivity index (χ4n) is 1.72. The molecule has 0 saturated carbocycles. The topological polar surface area (TPSA) is 34.9 Å². The van der Waals surface area contributed by atoms with Crippen molar-refractivity contribution in [3.8, 4) is 0 Å². The summed E-state index contributed by atoms with van der Waals surface area (Å²) in [6.45, 7) is 2.62. The van der Waals surface area contributed by atoms with E-state index in [4.69, 9.17) is 0 Å². The number of Topliss-reactive ketones (excluding diaryl/α,β-unsaturated/α-hetero) is 1. The molecule has 0 saturated heterocycles. The first-order valence-electron chi connectivity index (χ1n) is 4.27. The van der Waals surface area contributed by atoms with Crippen molar-refractivity contribution in [2.24, 2.45) is 5.92 Å². The molecule has 1 aromatic rings. The molecular weight excluding hydrogens is 152 g/mol. The lowest BCUT2D eigenvalue weighted by Gasteiger charge is -2.21. The smallest absolute Gasteiger partial charge is 0.133 e. The van der Waals surface area contributed by atoms with Gasteiger partial charge in [-0.1, -0.05) is 0 Å². The van der Waals surface area contributed by atoms with E-state index in [1.807, 2.05) is 12.5 Å². The Hall–Kier alpha value is -1.12. The summed E-state index contributed by atoms with van der Waals surface area (Å²) in [4.78, 5) is 15.2. The third-order valence-electron chi connectivity index (χ3n) is 2.55. The van der Waals surface area contributed by atoms with E-state index in [0.29, 0.717) is 5.78 Å². The average Bonchev–Trinajstić information content (AvgIpc) is 2.49. The molecule has 1 aliphatic rings. The van der Waals surface area contributed by atoms with Crippen molar-refractivity contribution < 1.29 is 4.79 Å². The van der Waals surface area contributed by atoms with Gasteiger partial charge in [-0.3, -0.25) is 4.79 Å². The Bertz CT molecular complexity index is 303. The van der Waals surface area contributed by atoms with Gasteiger partial charge in [-0.25, -0.2) is 4.98 Å². The zero-order valence-corrected chi connectivity index (χ0v) is 7.16. The predicted molar refractivity (Wildman–Crippen MR) is 44.7 cm³/mol. The van der Waals surface area contributed by atoms with Crippen molar-refractivity contribution in [2.75, 3.05) is 0 Å². The molecular formula is C9H12N2O. The van der Waals surface area contributed by atoms with Crippen LogP contribution in [0.25, 0.3) is 0 Å². The fraction of sp³-hybridized carbons (Fsp3) is 0.556. The normalized spacial score (nSPS) is 21.9. The molecule has 0 bridgehead atoms. The van der Waals surface area contributed by atoms with E-state index in [9.17, 15) is 4.79 Å². The van der Waals surface area contributed by atoms with Crippen molar-refractivity contribution in [3.63, 3.8) is 0 Å². The Balaban J connectivity index is 2.20. The van der Waals surface area contributed by atoms with Crippen LogP contribution in [0.5, 0.6) is 0 Å². The lowest BCUT2D eigenvalue weighted by atomic mass is 9.93. The number of fused-ring (bicyclic) bond motifs is 1. The number of aromatic nitrogens is 2. The van der Waals surface area contributed by atoms with Gasteiger partial charge >= 0.3 is 0 Å².